The molecular weight excluding hydrogens is 260 g/mol. The molecule has 2 unspecified atom stereocenters. The predicted octanol–water partition coefficient (Wildman–Crippen LogP) is 1.62. The van der Waals surface area contributed by atoms with Crippen LogP contribution in [-0.2, 0) is 0 Å². The number of carboxylic acids is 1. The molecule has 2 amide bonds. The minimum atomic E-state index is -1.09. The standard InChI is InChI=1S/C14H18N2O4/c1-9-6-7-16(8-12(9)17)14(20)15-11-5-3-2-4-10(11)13(18)19/h2-5,9,12,17H,6-8H2,1H3,(H,15,20)(H,18,19). The van der Waals surface area contributed by atoms with Gasteiger partial charge in [-0.3, -0.25) is 0 Å². The molecule has 1 aliphatic heterocycles. The van der Waals surface area contributed by atoms with Crippen LogP contribution in [0.4, 0.5) is 10.5 Å². The molecule has 0 aliphatic carbocycles. The third-order valence-corrected chi connectivity index (χ3v) is 3.60. The number of hydrogen-bond acceptors (Lipinski definition) is 3. The molecule has 0 saturated carbocycles. The highest BCUT2D eigenvalue weighted by Gasteiger charge is 2.27. The molecule has 108 valence electrons. The van der Waals surface area contributed by atoms with Crippen molar-refractivity contribution >= 4 is 17.7 Å². The molecule has 3 N–H and O–H groups in total. The number of para-hydroxylation sites is 1. The van der Waals surface area contributed by atoms with E-state index in [-0.39, 0.29) is 29.7 Å². The Labute approximate surface area is 117 Å². The number of nitrogens with zero attached hydrogens (tertiary/aromatic N) is 1. The normalized spacial score (nSPS) is 22.4. The van der Waals surface area contributed by atoms with E-state index in [1.54, 1.807) is 18.2 Å². The number of β-amino-alcohol motifs (C(OH)–C–C–N with tert-alkyl or cyclic N) is 1. The molecule has 1 aromatic rings. The molecule has 2 rings (SSSR count). The van der Waals surface area contributed by atoms with Crippen molar-refractivity contribution in [3.8, 4) is 0 Å². The second kappa shape index (κ2) is 5.92. The lowest BCUT2D eigenvalue weighted by Crippen LogP contribution is -2.47. The minimum Gasteiger partial charge on any atom is -0.478 e. The van der Waals surface area contributed by atoms with Crippen molar-refractivity contribution < 1.29 is 19.8 Å². The summed E-state index contributed by atoms with van der Waals surface area (Å²) in [5.41, 5.74) is 0.310. The van der Waals surface area contributed by atoms with Crippen molar-refractivity contribution in [1.82, 2.24) is 4.90 Å². The first-order chi connectivity index (χ1) is 9.49. The fraction of sp³-hybridized carbons (Fsp3) is 0.429. The Balaban J connectivity index is 2.07. The number of amides is 2. The van der Waals surface area contributed by atoms with Gasteiger partial charge < -0.3 is 20.4 Å². The number of aromatic carboxylic acids is 1. The summed E-state index contributed by atoms with van der Waals surface area (Å²) in [6.07, 6.45) is 0.194. The number of hydrogen-bond donors (Lipinski definition) is 3. The van der Waals surface area contributed by atoms with Crippen LogP contribution in [0.2, 0.25) is 0 Å². The van der Waals surface area contributed by atoms with Gasteiger partial charge in [-0.25, -0.2) is 9.59 Å². The molecule has 6 nitrogen and oxygen atoms in total. The van der Waals surface area contributed by atoms with Gasteiger partial charge in [-0.05, 0) is 24.5 Å². The Bertz CT molecular complexity index is 518. The zero-order chi connectivity index (χ0) is 14.7. The minimum absolute atomic E-state index is 0.0479. The number of benzene rings is 1. The molecule has 0 bridgehead atoms. The number of anilines is 1. The second-order valence-electron chi connectivity index (χ2n) is 5.06. The predicted molar refractivity (Wildman–Crippen MR) is 73.8 cm³/mol. The monoisotopic (exact) mass is 278 g/mol. The van der Waals surface area contributed by atoms with Crippen LogP contribution in [0.3, 0.4) is 0 Å². The SMILES string of the molecule is CC1CCN(C(=O)Nc2ccccc2C(=O)O)CC1O. The molecule has 6 heteroatoms. The van der Waals surface area contributed by atoms with E-state index < -0.39 is 12.1 Å². The molecule has 20 heavy (non-hydrogen) atoms. The fourth-order valence-electron chi connectivity index (χ4n) is 2.21. The van der Waals surface area contributed by atoms with Crippen molar-refractivity contribution in [2.75, 3.05) is 18.4 Å². The largest absolute Gasteiger partial charge is 0.478 e. The Morgan fingerprint density at radius 1 is 1.35 bits per heavy atom. The summed E-state index contributed by atoms with van der Waals surface area (Å²) in [6.45, 7) is 2.77. The summed E-state index contributed by atoms with van der Waals surface area (Å²) in [7, 11) is 0. The van der Waals surface area contributed by atoms with E-state index in [1.807, 2.05) is 6.92 Å². The van der Waals surface area contributed by atoms with Crippen molar-refractivity contribution in [1.29, 1.82) is 0 Å². The van der Waals surface area contributed by atoms with Gasteiger partial charge in [-0.2, -0.15) is 0 Å². The molecule has 1 aromatic carbocycles. The number of carbonyl (C=O) groups excluding carboxylic acids is 1. The van der Waals surface area contributed by atoms with Gasteiger partial charge in [0.25, 0.3) is 0 Å². The topological polar surface area (TPSA) is 89.9 Å². The van der Waals surface area contributed by atoms with E-state index in [9.17, 15) is 14.7 Å². The maximum absolute atomic E-state index is 12.1. The Morgan fingerprint density at radius 2 is 2.05 bits per heavy atom. The maximum atomic E-state index is 12.1. The molecule has 0 spiro atoms. The van der Waals surface area contributed by atoms with Gasteiger partial charge in [0.05, 0.1) is 17.4 Å². The quantitative estimate of drug-likeness (QED) is 0.766. The summed E-state index contributed by atoms with van der Waals surface area (Å²) in [5.74, 6) is -0.918. The van der Waals surface area contributed by atoms with Crippen molar-refractivity contribution in [3.05, 3.63) is 29.8 Å². The molecule has 0 radical (unpaired) electrons. The van der Waals surface area contributed by atoms with Crippen LogP contribution in [-0.4, -0.2) is 46.3 Å². The first-order valence-electron chi connectivity index (χ1n) is 6.55. The number of piperidine rings is 1. The zero-order valence-corrected chi connectivity index (χ0v) is 11.2. The van der Waals surface area contributed by atoms with Crippen LogP contribution in [0.5, 0.6) is 0 Å². The Morgan fingerprint density at radius 3 is 2.70 bits per heavy atom. The lowest BCUT2D eigenvalue weighted by Gasteiger charge is -2.34. The number of carboxylic acid groups (broad SMARTS) is 1. The van der Waals surface area contributed by atoms with Gasteiger partial charge >= 0.3 is 12.0 Å². The van der Waals surface area contributed by atoms with E-state index in [4.69, 9.17) is 5.11 Å². The molecule has 2 atom stereocenters. The highest BCUT2D eigenvalue weighted by molar-refractivity contribution is 5.99. The summed E-state index contributed by atoms with van der Waals surface area (Å²) < 4.78 is 0. The molecule has 0 aromatic heterocycles. The van der Waals surface area contributed by atoms with Gasteiger partial charge in [0.1, 0.15) is 0 Å². The van der Waals surface area contributed by atoms with E-state index in [1.165, 1.54) is 11.0 Å². The van der Waals surface area contributed by atoms with Crippen LogP contribution in [0.25, 0.3) is 0 Å². The van der Waals surface area contributed by atoms with Crippen LogP contribution in [0.15, 0.2) is 24.3 Å². The number of aliphatic hydroxyl groups excluding tert-OH is 1. The van der Waals surface area contributed by atoms with Gasteiger partial charge in [-0.1, -0.05) is 19.1 Å². The number of rotatable bonds is 2. The molecule has 1 aliphatic rings. The Hall–Kier alpha value is -2.08. The zero-order valence-electron chi connectivity index (χ0n) is 11.2. The first-order valence-corrected chi connectivity index (χ1v) is 6.55. The molecule has 1 heterocycles. The van der Waals surface area contributed by atoms with Gasteiger partial charge in [0, 0.05) is 13.1 Å². The third kappa shape index (κ3) is 3.08. The summed E-state index contributed by atoms with van der Waals surface area (Å²) >= 11 is 0. The molecular formula is C14H18N2O4. The van der Waals surface area contributed by atoms with Crippen molar-refractivity contribution in [2.24, 2.45) is 5.92 Å². The van der Waals surface area contributed by atoms with Crippen LogP contribution in [0.1, 0.15) is 23.7 Å². The highest BCUT2D eigenvalue weighted by atomic mass is 16.4. The van der Waals surface area contributed by atoms with Gasteiger partial charge in [0.15, 0.2) is 0 Å². The number of nitrogens with one attached hydrogen (secondary N) is 1. The van der Waals surface area contributed by atoms with E-state index in [0.29, 0.717) is 6.54 Å². The third-order valence-electron chi connectivity index (χ3n) is 3.60. The number of likely N-dealkylation sites (tertiary alicyclic amines) is 1. The second-order valence-corrected chi connectivity index (χ2v) is 5.06. The lowest BCUT2D eigenvalue weighted by atomic mass is 9.96. The van der Waals surface area contributed by atoms with Crippen LogP contribution < -0.4 is 5.32 Å². The van der Waals surface area contributed by atoms with Gasteiger partial charge in [-0.15, -0.1) is 0 Å². The average Bonchev–Trinajstić information content (AvgIpc) is 2.42. The fourth-order valence-corrected chi connectivity index (χ4v) is 2.21. The van der Waals surface area contributed by atoms with E-state index >= 15 is 0 Å². The number of urea groups is 1. The summed E-state index contributed by atoms with van der Waals surface area (Å²) in [4.78, 5) is 24.7. The van der Waals surface area contributed by atoms with Gasteiger partial charge in [0.2, 0.25) is 0 Å². The number of aliphatic hydroxyl groups is 1. The van der Waals surface area contributed by atoms with Crippen LogP contribution in [0, 0.1) is 5.92 Å². The lowest BCUT2D eigenvalue weighted by molar-refractivity contribution is 0.0463. The van der Waals surface area contributed by atoms with Crippen molar-refractivity contribution in [3.63, 3.8) is 0 Å². The first kappa shape index (κ1) is 14.3. The smallest absolute Gasteiger partial charge is 0.337 e. The van der Waals surface area contributed by atoms with E-state index in [0.717, 1.165) is 6.42 Å². The summed E-state index contributed by atoms with van der Waals surface area (Å²) in [5, 5.41) is 21.4. The summed E-state index contributed by atoms with van der Waals surface area (Å²) in [6, 6.07) is 5.86. The Kier molecular flexibility index (Phi) is 4.24. The van der Waals surface area contributed by atoms with E-state index in [2.05, 4.69) is 5.32 Å². The molecule has 1 fully saturated rings. The average molecular weight is 278 g/mol. The molecule has 1 saturated heterocycles. The maximum Gasteiger partial charge on any atom is 0.337 e. The number of carbonyl (C=O) groups is 2. The van der Waals surface area contributed by atoms with Crippen molar-refractivity contribution in [2.45, 2.75) is 19.4 Å². The highest BCUT2D eigenvalue weighted by Crippen LogP contribution is 2.19. The van der Waals surface area contributed by atoms with Crippen LogP contribution >= 0.6 is 0 Å².